The average molecular weight is 307 g/mol. The molecule has 0 spiro atoms. The lowest BCUT2D eigenvalue weighted by molar-refractivity contribution is 0.0843. The van der Waals surface area contributed by atoms with Crippen LogP contribution in [0.4, 0.5) is 4.79 Å². The molecular weight excluding hydrogens is 286 g/mol. The van der Waals surface area contributed by atoms with E-state index in [1.807, 2.05) is 59.5 Å². The summed E-state index contributed by atoms with van der Waals surface area (Å²) in [6.45, 7) is 0.897. The molecule has 0 N–H and O–H groups in total. The maximum Gasteiger partial charge on any atom is 0.410 e. The van der Waals surface area contributed by atoms with Crippen molar-refractivity contribution in [2.45, 2.75) is 25.5 Å². The van der Waals surface area contributed by atoms with Crippen molar-refractivity contribution in [1.29, 1.82) is 0 Å². The molecule has 0 radical (unpaired) electrons. The van der Waals surface area contributed by atoms with E-state index >= 15 is 0 Å². The van der Waals surface area contributed by atoms with Crippen LogP contribution in [-0.2, 0) is 11.3 Å². The van der Waals surface area contributed by atoms with Crippen LogP contribution in [0, 0.1) is 0 Å². The van der Waals surface area contributed by atoms with E-state index in [1.165, 1.54) is 0 Å². The van der Waals surface area contributed by atoms with Gasteiger partial charge in [-0.15, -0.1) is 0 Å². The Morgan fingerprint density at radius 1 is 1.00 bits per heavy atom. The summed E-state index contributed by atoms with van der Waals surface area (Å²) in [7, 11) is 0. The molecule has 0 aliphatic carbocycles. The molecule has 3 rings (SSSR count). The fourth-order valence-electron chi connectivity index (χ4n) is 2.87. The van der Waals surface area contributed by atoms with Gasteiger partial charge >= 0.3 is 6.09 Å². The zero-order valence-electron chi connectivity index (χ0n) is 13.1. The zero-order valence-corrected chi connectivity index (χ0v) is 13.1. The minimum Gasteiger partial charge on any atom is -0.445 e. The van der Waals surface area contributed by atoms with Crippen LogP contribution in [0.3, 0.4) is 0 Å². The van der Waals surface area contributed by atoms with Crippen molar-refractivity contribution in [2.24, 2.45) is 0 Å². The molecule has 2 aromatic rings. The molecule has 1 aliphatic rings. The summed E-state index contributed by atoms with van der Waals surface area (Å²) in [6.07, 6.45) is 5.82. The predicted molar refractivity (Wildman–Crippen MR) is 90.9 cm³/mol. The monoisotopic (exact) mass is 307 g/mol. The van der Waals surface area contributed by atoms with Crippen molar-refractivity contribution < 1.29 is 9.53 Å². The van der Waals surface area contributed by atoms with E-state index in [0.29, 0.717) is 13.2 Å². The van der Waals surface area contributed by atoms with Crippen molar-refractivity contribution in [3.63, 3.8) is 0 Å². The molecule has 23 heavy (non-hydrogen) atoms. The van der Waals surface area contributed by atoms with Crippen LogP contribution < -0.4 is 0 Å². The molecule has 1 atom stereocenters. The Labute approximate surface area is 137 Å². The Kier molecular flexibility index (Phi) is 5.09. The molecule has 1 amide bonds. The molecule has 0 aromatic heterocycles. The minimum atomic E-state index is -0.255. The van der Waals surface area contributed by atoms with Gasteiger partial charge in [-0.2, -0.15) is 0 Å². The second kappa shape index (κ2) is 7.63. The van der Waals surface area contributed by atoms with Gasteiger partial charge in [0.1, 0.15) is 6.61 Å². The first-order valence-electron chi connectivity index (χ1n) is 8.02. The largest absolute Gasteiger partial charge is 0.445 e. The average Bonchev–Trinajstić information content (AvgIpc) is 2.87. The van der Waals surface area contributed by atoms with E-state index in [-0.39, 0.29) is 12.1 Å². The first kappa shape index (κ1) is 15.3. The van der Waals surface area contributed by atoms with Crippen molar-refractivity contribution in [2.75, 3.05) is 6.54 Å². The minimum absolute atomic E-state index is 0.0643. The Hall–Kier alpha value is -2.55. The molecule has 0 bridgehead atoms. The SMILES string of the molecule is O=C(OCc1ccccc1)N1CC=CCC[C@@H]1c1ccccc1. The summed E-state index contributed by atoms with van der Waals surface area (Å²) in [5, 5.41) is 0. The van der Waals surface area contributed by atoms with Gasteiger partial charge in [-0.25, -0.2) is 4.79 Å². The zero-order chi connectivity index (χ0) is 15.9. The van der Waals surface area contributed by atoms with E-state index in [9.17, 15) is 4.79 Å². The molecule has 2 aromatic carbocycles. The first-order valence-corrected chi connectivity index (χ1v) is 8.02. The lowest BCUT2D eigenvalue weighted by atomic mass is 10.0. The number of nitrogens with zero attached hydrogens (tertiary/aromatic N) is 1. The summed E-state index contributed by atoms with van der Waals surface area (Å²) in [5.74, 6) is 0. The fourth-order valence-corrected chi connectivity index (χ4v) is 2.87. The summed E-state index contributed by atoms with van der Waals surface area (Å²) in [4.78, 5) is 14.4. The maximum atomic E-state index is 12.6. The van der Waals surface area contributed by atoms with E-state index in [0.717, 1.165) is 24.0 Å². The maximum absolute atomic E-state index is 12.6. The molecule has 3 nitrogen and oxygen atoms in total. The van der Waals surface area contributed by atoms with Gasteiger partial charge in [0.15, 0.2) is 0 Å². The molecule has 0 unspecified atom stereocenters. The molecule has 118 valence electrons. The summed E-state index contributed by atoms with van der Waals surface area (Å²) < 4.78 is 5.53. The van der Waals surface area contributed by atoms with Gasteiger partial charge in [-0.3, -0.25) is 4.90 Å². The summed E-state index contributed by atoms with van der Waals surface area (Å²) >= 11 is 0. The third-order valence-electron chi connectivity index (χ3n) is 4.08. The molecule has 1 aliphatic heterocycles. The van der Waals surface area contributed by atoms with Crippen LogP contribution in [0.2, 0.25) is 0 Å². The van der Waals surface area contributed by atoms with E-state index in [4.69, 9.17) is 4.74 Å². The van der Waals surface area contributed by atoms with Crippen LogP contribution >= 0.6 is 0 Å². The van der Waals surface area contributed by atoms with E-state index in [1.54, 1.807) is 0 Å². The van der Waals surface area contributed by atoms with Gasteiger partial charge in [0.2, 0.25) is 0 Å². The number of rotatable bonds is 3. The predicted octanol–water partition coefficient (Wildman–Crippen LogP) is 4.72. The van der Waals surface area contributed by atoms with Crippen LogP contribution in [0.25, 0.3) is 0 Å². The van der Waals surface area contributed by atoms with E-state index < -0.39 is 0 Å². The van der Waals surface area contributed by atoms with Gasteiger partial charge < -0.3 is 4.74 Å². The highest BCUT2D eigenvalue weighted by molar-refractivity contribution is 5.68. The Morgan fingerprint density at radius 2 is 1.70 bits per heavy atom. The number of hydrogen-bond donors (Lipinski definition) is 0. The Balaban J connectivity index is 1.71. The number of amides is 1. The fraction of sp³-hybridized carbons (Fsp3) is 0.250. The highest BCUT2D eigenvalue weighted by Crippen LogP contribution is 2.28. The third-order valence-corrected chi connectivity index (χ3v) is 4.08. The Morgan fingerprint density at radius 3 is 2.43 bits per heavy atom. The van der Waals surface area contributed by atoms with Crippen LogP contribution in [0.1, 0.15) is 30.0 Å². The molecular formula is C20H21NO2. The number of carbonyl (C=O) groups excluding carboxylic acids is 1. The van der Waals surface area contributed by atoms with Gasteiger partial charge in [-0.05, 0) is 24.0 Å². The molecule has 3 heteroatoms. The second-order valence-electron chi connectivity index (χ2n) is 5.67. The standard InChI is InChI=1S/C20H21NO2/c22-20(23-16-17-10-4-1-5-11-17)21-15-9-3-8-14-19(21)18-12-6-2-7-13-18/h1-7,9-13,19H,8,14-16H2/t19-/m1/s1. The van der Waals surface area contributed by atoms with Crippen LogP contribution in [0.15, 0.2) is 72.8 Å². The van der Waals surface area contributed by atoms with Gasteiger partial charge in [-0.1, -0.05) is 72.8 Å². The van der Waals surface area contributed by atoms with Crippen molar-refractivity contribution >= 4 is 6.09 Å². The number of ether oxygens (including phenoxy) is 1. The van der Waals surface area contributed by atoms with Crippen molar-refractivity contribution in [1.82, 2.24) is 4.90 Å². The number of allylic oxidation sites excluding steroid dienone is 1. The van der Waals surface area contributed by atoms with Gasteiger partial charge in [0, 0.05) is 6.54 Å². The summed E-state index contributed by atoms with van der Waals surface area (Å²) in [5.41, 5.74) is 2.16. The van der Waals surface area contributed by atoms with E-state index in [2.05, 4.69) is 18.2 Å². The quantitative estimate of drug-likeness (QED) is 0.768. The number of benzene rings is 2. The number of hydrogen-bond acceptors (Lipinski definition) is 2. The van der Waals surface area contributed by atoms with Crippen molar-refractivity contribution in [3.8, 4) is 0 Å². The third kappa shape index (κ3) is 4.01. The summed E-state index contributed by atoms with van der Waals surface area (Å²) in [6, 6.07) is 20.0. The topological polar surface area (TPSA) is 29.5 Å². The lowest BCUT2D eigenvalue weighted by Crippen LogP contribution is -2.35. The van der Waals surface area contributed by atoms with Crippen LogP contribution in [-0.4, -0.2) is 17.5 Å². The highest BCUT2D eigenvalue weighted by atomic mass is 16.6. The first-order chi connectivity index (χ1) is 11.3. The number of carbonyl (C=O) groups is 1. The lowest BCUT2D eigenvalue weighted by Gasteiger charge is -2.29. The Bertz CT molecular complexity index is 652. The smallest absolute Gasteiger partial charge is 0.410 e. The van der Waals surface area contributed by atoms with Gasteiger partial charge in [0.05, 0.1) is 6.04 Å². The highest BCUT2D eigenvalue weighted by Gasteiger charge is 2.26. The second-order valence-corrected chi connectivity index (χ2v) is 5.67. The molecule has 0 saturated carbocycles. The molecule has 1 heterocycles. The normalized spacial score (nSPS) is 17.6. The van der Waals surface area contributed by atoms with Crippen LogP contribution in [0.5, 0.6) is 0 Å². The van der Waals surface area contributed by atoms with Crippen molar-refractivity contribution in [3.05, 3.63) is 83.9 Å². The molecule has 0 fully saturated rings. The molecule has 0 saturated heterocycles. The van der Waals surface area contributed by atoms with Gasteiger partial charge in [0.25, 0.3) is 0 Å².